The quantitative estimate of drug-likeness (QED) is 0.437. The van der Waals surface area contributed by atoms with Crippen molar-refractivity contribution in [2.45, 2.75) is 4.90 Å². The summed E-state index contributed by atoms with van der Waals surface area (Å²) in [5.74, 6) is -0.389. The monoisotopic (exact) mass is 455 g/mol. The smallest absolute Gasteiger partial charge is 0.272 e. The molecule has 0 N–H and O–H groups in total. The first-order chi connectivity index (χ1) is 14.5. The maximum absolute atomic E-state index is 13.5. The molecule has 0 unspecified atom stereocenters. The van der Waals surface area contributed by atoms with Crippen LogP contribution in [0.15, 0.2) is 82.6 Å². The largest absolute Gasteiger partial charge is 0.496 e. The number of amides is 2. The number of nitrogens with zero attached hydrogens (tertiary/aromatic N) is 1. The van der Waals surface area contributed by atoms with Crippen LogP contribution in [0.2, 0.25) is 10.0 Å². The Kier molecular flexibility index (Phi) is 5.86. The summed E-state index contributed by atoms with van der Waals surface area (Å²) < 4.78 is 5.45. The first-order valence-corrected chi connectivity index (χ1v) is 10.5. The van der Waals surface area contributed by atoms with Crippen LogP contribution in [0, 0.1) is 0 Å². The van der Waals surface area contributed by atoms with E-state index in [4.69, 9.17) is 27.9 Å². The second-order valence-electron chi connectivity index (χ2n) is 6.39. The molecule has 4 nitrogen and oxygen atoms in total. The third-order valence-corrected chi connectivity index (χ3v) is 6.01. The summed E-state index contributed by atoms with van der Waals surface area (Å²) in [6.07, 6.45) is 0. The van der Waals surface area contributed by atoms with Gasteiger partial charge in [0.2, 0.25) is 0 Å². The maximum atomic E-state index is 13.5. The number of para-hydroxylation sites is 1. The minimum Gasteiger partial charge on any atom is -0.496 e. The number of imide groups is 1. The average Bonchev–Trinajstić information content (AvgIpc) is 2.97. The lowest BCUT2D eigenvalue weighted by molar-refractivity contribution is -0.119. The van der Waals surface area contributed by atoms with Crippen molar-refractivity contribution >= 4 is 58.0 Å². The van der Waals surface area contributed by atoms with E-state index in [-0.39, 0.29) is 5.57 Å². The summed E-state index contributed by atoms with van der Waals surface area (Å²) >= 11 is 13.5. The van der Waals surface area contributed by atoms with Gasteiger partial charge in [0.1, 0.15) is 5.75 Å². The average molecular weight is 456 g/mol. The summed E-state index contributed by atoms with van der Waals surface area (Å²) in [6, 6.07) is 21.2. The molecule has 1 aliphatic heterocycles. The van der Waals surface area contributed by atoms with Crippen LogP contribution in [0.5, 0.6) is 5.75 Å². The zero-order valence-corrected chi connectivity index (χ0v) is 18.1. The molecule has 0 radical (unpaired) electrons. The zero-order valence-electron chi connectivity index (χ0n) is 15.8. The number of hydrogen-bond donors (Lipinski definition) is 0. The molecule has 1 aliphatic rings. The number of rotatable bonds is 5. The van der Waals surface area contributed by atoms with Crippen LogP contribution in [0.25, 0.3) is 5.57 Å². The highest BCUT2D eigenvalue weighted by Crippen LogP contribution is 2.44. The molecule has 30 heavy (non-hydrogen) atoms. The fourth-order valence-corrected chi connectivity index (χ4v) is 4.72. The topological polar surface area (TPSA) is 46.6 Å². The van der Waals surface area contributed by atoms with Gasteiger partial charge in [-0.1, -0.05) is 71.4 Å². The predicted molar refractivity (Wildman–Crippen MR) is 121 cm³/mol. The zero-order chi connectivity index (χ0) is 21.3. The van der Waals surface area contributed by atoms with E-state index in [9.17, 15) is 9.59 Å². The highest BCUT2D eigenvalue weighted by atomic mass is 35.5. The predicted octanol–water partition coefficient (Wildman–Crippen LogP) is 6.08. The molecular formula is C23H15Cl2NO3S. The van der Waals surface area contributed by atoms with Crippen LogP contribution in [0.1, 0.15) is 5.56 Å². The first kappa shape index (κ1) is 20.5. The van der Waals surface area contributed by atoms with E-state index in [1.807, 2.05) is 36.4 Å². The van der Waals surface area contributed by atoms with Gasteiger partial charge in [-0.25, -0.2) is 4.90 Å². The number of carbonyl (C=O) groups excluding carboxylic acids is 2. The molecule has 3 aromatic carbocycles. The first-order valence-electron chi connectivity index (χ1n) is 8.95. The summed E-state index contributed by atoms with van der Waals surface area (Å²) in [7, 11) is 1.53. The molecule has 1 heterocycles. The molecule has 0 bridgehead atoms. The van der Waals surface area contributed by atoms with Crippen molar-refractivity contribution in [3.63, 3.8) is 0 Å². The van der Waals surface area contributed by atoms with Gasteiger partial charge in [0.25, 0.3) is 11.8 Å². The van der Waals surface area contributed by atoms with Crippen LogP contribution in [0.4, 0.5) is 5.69 Å². The molecular weight excluding hydrogens is 441 g/mol. The number of methoxy groups -OCH3 is 1. The van der Waals surface area contributed by atoms with Crippen LogP contribution < -0.4 is 9.64 Å². The van der Waals surface area contributed by atoms with Crippen molar-refractivity contribution < 1.29 is 14.3 Å². The Balaban J connectivity index is 1.88. The molecule has 0 saturated heterocycles. The van der Waals surface area contributed by atoms with Crippen molar-refractivity contribution in [3.05, 3.63) is 93.3 Å². The number of carbonyl (C=O) groups is 2. The number of thioether (sulfide) groups is 1. The lowest BCUT2D eigenvalue weighted by Crippen LogP contribution is -2.31. The van der Waals surface area contributed by atoms with Gasteiger partial charge in [-0.15, -0.1) is 0 Å². The van der Waals surface area contributed by atoms with Crippen molar-refractivity contribution in [3.8, 4) is 5.75 Å². The SMILES string of the molecule is COc1ccccc1C1=C(Sc2ccccc2)C(=O)N(c2cc(Cl)cc(Cl)c2)C1=O. The molecule has 4 rings (SSSR count). The van der Waals surface area contributed by atoms with E-state index in [1.54, 1.807) is 36.4 Å². The summed E-state index contributed by atoms with van der Waals surface area (Å²) in [6.45, 7) is 0. The van der Waals surface area contributed by atoms with Gasteiger partial charge in [-0.05, 0) is 36.4 Å². The Bertz CT molecular complexity index is 1160. The molecule has 0 saturated carbocycles. The summed E-state index contributed by atoms with van der Waals surface area (Å²) in [5, 5.41) is 0.669. The van der Waals surface area contributed by atoms with Crippen LogP contribution in [-0.4, -0.2) is 18.9 Å². The van der Waals surface area contributed by atoms with Crippen LogP contribution >= 0.6 is 35.0 Å². The van der Waals surface area contributed by atoms with Gasteiger partial charge in [0.15, 0.2) is 0 Å². The molecule has 0 aliphatic carbocycles. The molecule has 0 fully saturated rings. The third-order valence-electron chi connectivity index (χ3n) is 4.49. The number of ether oxygens (including phenoxy) is 1. The lowest BCUT2D eigenvalue weighted by Gasteiger charge is -2.16. The van der Waals surface area contributed by atoms with Gasteiger partial charge in [0, 0.05) is 20.5 Å². The molecule has 0 aromatic heterocycles. The van der Waals surface area contributed by atoms with Crippen molar-refractivity contribution in [1.82, 2.24) is 0 Å². The molecule has 2 amide bonds. The van der Waals surface area contributed by atoms with Gasteiger partial charge < -0.3 is 4.74 Å². The van der Waals surface area contributed by atoms with Gasteiger partial charge in [-0.2, -0.15) is 0 Å². The fraction of sp³-hybridized carbons (Fsp3) is 0.0435. The van der Waals surface area contributed by atoms with Gasteiger partial charge >= 0.3 is 0 Å². The Morgan fingerprint density at radius 2 is 1.47 bits per heavy atom. The van der Waals surface area contributed by atoms with E-state index in [2.05, 4.69) is 0 Å². The highest BCUT2D eigenvalue weighted by molar-refractivity contribution is 8.04. The highest BCUT2D eigenvalue weighted by Gasteiger charge is 2.41. The minimum absolute atomic E-state index is 0.280. The van der Waals surface area contributed by atoms with E-state index < -0.39 is 11.8 Å². The minimum atomic E-state index is -0.457. The Hall–Kier alpha value is -2.73. The van der Waals surface area contributed by atoms with E-state index in [1.165, 1.54) is 18.9 Å². The van der Waals surface area contributed by atoms with E-state index >= 15 is 0 Å². The third kappa shape index (κ3) is 3.84. The van der Waals surface area contributed by atoms with Crippen LogP contribution in [-0.2, 0) is 9.59 Å². The molecule has 0 atom stereocenters. The Morgan fingerprint density at radius 1 is 0.833 bits per heavy atom. The summed E-state index contributed by atoms with van der Waals surface area (Å²) in [4.78, 5) is 29.2. The van der Waals surface area contributed by atoms with Gasteiger partial charge in [-0.3, -0.25) is 9.59 Å². The fourth-order valence-electron chi connectivity index (χ4n) is 3.20. The second-order valence-corrected chi connectivity index (χ2v) is 8.35. The van der Waals surface area contributed by atoms with E-state index in [0.717, 1.165) is 9.80 Å². The summed E-state index contributed by atoms with van der Waals surface area (Å²) in [5.41, 5.74) is 1.15. The standard InChI is InChI=1S/C23H15Cl2NO3S/c1-29-19-10-6-5-9-18(19)20-21(30-17-7-3-2-4-8-17)23(28)26(22(20)27)16-12-14(24)11-15(25)13-16/h2-13H,1H3. The van der Waals surface area contributed by atoms with Crippen molar-refractivity contribution in [1.29, 1.82) is 0 Å². The molecule has 7 heteroatoms. The Morgan fingerprint density at radius 3 is 2.13 bits per heavy atom. The number of halogens is 2. The molecule has 0 spiro atoms. The number of hydrogen-bond acceptors (Lipinski definition) is 4. The maximum Gasteiger partial charge on any atom is 0.272 e. The lowest BCUT2D eigenvalue weighted by atomic mass is 10.0. The van der Waals surface area contributed by atoms with E-state index in [0.29, 0.717) is 32.0 Å². The molecule has 3 aromatic rings. The Labute approximate surface area is 188 Å². The normalized spacial score (nSPS) is 13.9. The van der Waals surface area contributed by atoms with Crippen molar-refractivity contribution in [2.75, 3.05) is 12.0 Å². The van der Waals surface area contributed by atoms with Crippen LogP contribution in [0.3, 0.4) is 0 Å². The van der Waals surface area contributed by atoms with Crippen molar-refractivity contribution in [2.24, 2.45) is 0 Å². The number of benzene rings is 3. The van der Waals surface area contributed by atoms with Gasteiger partial charge in [0.05, 0.1) is 23.3 Å². The second kappa shape index (κ2) is 8.56. The molecule has 150 valence electrons. The number of anilines is 1.